The van der Waals surface area contributed by atoms with Gasteiger partial charge in [-0.1, -0.05) is 44.2 Å². The largest absolute Gasteiger partial charge is 0.480 e. The number of carboxylic acid groups (broad SMARTS) is 1. The van der Waals surface area contributed by atoms with Gasteiger partial charge in [-0.05, 0) is 98.8 Å². The molecule has 0 spiro atoms. The molecule has 5 nitrogen and oxygen atoms in total. The SMILES string of the molecule is CC(C)[C@H](C(=O)O)N(C)C1CC(CN2CCC(c3cnc(Cc4cccc(C(F)(F)F)c4)s3)CC2)C(c2cccc(F)c2)C1. The number of likely N-dealkylation sites (tertiary alicyclic amines) is 1. The van der Waals surface area contributed by atoms with Crippen LogP contribution in [-0.4, -0.2) is 64.6 Å². The fourth-order valence-corrected chi connectivity index (χ4v) is 8.41. The van der Waals surface area contributed by atoms with E-state index in [4.69, 9.17) is 0 Å². The Morgan fingerprint density at radius 3 is 2.50 bits per heavy atom. The lowest BCUT2D eigenvalue weighted by atomic mass is 9.87. The van der Waals surface area contributed by atoms with Crippen molar-refractivity contribution in [2.45, 2.75) is 76.0 Å². The molecular formula is C34H41F4N3O2S. The van der Waals surface area contributed by atoms with E-state index in [0.717, 1.165) is 62.0 Å². The Morgan fingerprint density at radius 2 is 1.84 bits per heavy atom. The van der Waals surface area contributed by atoms with E-state index >= 15 is 0 Å². The monoisotopic (exact) mass is 631 g/mol. The Morgan fingerprint density at radius 1 is 1.11 bits per heavy atom. The van der Waals surface area contributed by atoms with Crippen molar-refractivity contribution in [1.82, 2.24) is 14.8 Å². The molecule has 10 heteroatoms. The van der Waals surface area contributed by atoms with E-state index in [9.17, 15) is 27.5 Å². The fraction of sp³-hybridized carbons (Fsp3) is 0.529. The molecule has 5 rings (SSSR count). The molecule has 2 fully saturated rings. The Kier molecular flexibility index (Phi) is 10.1. The third-order valence-electron chi connectivity index (χ3n) is 9.51. The van der Waals surface area contributed by atoms with Crippen LogP contribution in [0.3, 0.4) is 0 Å². The fourth-order valence-electron chi connectivity index (χ4n) is 7.29. The van der Waals surface area contributed by atoms with Gasteiger partial charge in [0.2, 0.25) is 0 Å². The summed E-state index contributed by atoms with van der Waals surface area (Å²) in [6.45, 7) is 6.59. The Labute approximate surface area is 260 Å². The van der Waals surface area contributed by atoms with E-state index in [1.54, 1.807) is 29.5 Å². The first-order chi connectivity index (χ1) is 20.9. The molecule has 1 saturated heterocycles. The van der Waals surface area contributed by atoms with Crippen LogP contribution in [0, 0.1) is 17.7 Å². The molecule has 44 heavy (non-hydrogen) atoms. The number of piperidine rings is 1. The van der Waals surface area contributed by atoms with Crippen LogP contribution in [0.2, 0.25) is 0 Å². The van der Waals surface area contributed by atoms with Crippen LogP contribution in [0.15, 0.2) is 54.7 Å². The number of halogens is 4. The van der Waals surface area contributed by atoms with E-state index < -0.39 is 23.8 Å². The summed E-state index contributed by atoms with van der Waals surface area (Å²) in [5, 5.41) is 10.7. The average Bonchev–Trinajstić information content (AvgIpc) is 3.60. The highest BCUT2D eigenvalue weighted by atomic mass is 32.1. The second kappa shape index (κ2) is 13.7. The van der Waals surface area contributed by atoms with Gasteiger partial charge < -0.3 is 10.0 Å². The van der Waals surface area contributed by atoms with Gasteiger partial charge in [-0.15, -0.1) is 11.3 Å². The van der Waals surface area contributed by atoms with Gasteiger partial charge >= 0.3 is 12.1 Å². The summed E-state index contributed by atoms with van der Waals surface area (Å²) >= 11 is 1.59. The third-order valence-corrected chi connectivity index (χ3v) is 10.7. The maximum absolute atomic E-state index is 14.2. The van der Waals surface area contributed by atoms with Crippen molar-refractivity contribution < 1.29 is 27.5 Å². The number of rotatable bonds is 10. The number of thiazole rings is 1. The Balaban J connectivity index is 1.22. The molecule has 2 aromatic carbocycles. The minimum Gasteiger partial charge on any atom is -0.480 e. The van der Waals surface area contributed by atoms with Crippen molar-refractivity contribution in [2.24, 2.45) is 11.8 Å². The zero-order valence-electron chi connectivity index (χ0n) is 25.4. The van der Waals surface area contributed by atoms with Crippen LogP contribution in [0.25, 0.3) is 0 Å². The second-order valence-electron chi connectivity index (χ2n) is 12.8. The minimum atomic E-state index is -4.36. The van der Waals surface area contributed by atoms with Crippen molar-refractivity contribution in [3.63, 3.8) is 0 Å². The van der Waals surface area contributed by atoms with Crippen molar-refractivity contribution in [2.75, 3.05) is 26.7 Å². The first kappa shape index (κ1) is 32.6. The third kappa shape index (κ3) is 7.69. The van der Waals surface area contributed by atoms with Gasteiger partial charge in [-0.25, -0.2) is 9.37 Å². The van der Waals surface area contributed by atoms with Gasteiger partial charge in [0.05, 0.1) is 10.6 Å². The molecule has 1 aromatic heterocycles. The van der Waals surface area contributed by atoms with E-state index in [1.165, 1.54) is 23.1 Å². The first-order valence-electron chi connectivity index (χ1n) is 15.4. The van der Waals surface area contributed by atoms with Gasteiger partial charge in [-0.3, -0.25) is 9.69 Å². The van der Waals surface area contributed by atoms with Crippen molar-refractivity contribution in [3.05, 3.63) is 87.1 Å². The second-order valence-corrected chi connectivity index (χ2v) is 14.0. The lowest BCUT2D eigenvalue weighted by Crippen LogP contribution is -2.47. The highest BCUT2D eigenvalue weighted by Gasteiger charge is 2.42. The molecule has 0 bridgehead atoms. The zero-order valence-corrected chi connectivity index (χ0v) is 26.3. The van der Waals surface area contributed by atoms with Crippen LogP contribution >= 0.6 is 11.3 Å². The molecule has 3 aromatic rings. The van der Waals surface area contributed by atoms with Gasteiger partial charge in [0.25, 0.3) is 0 Å². The van der Waals surface area contributed by atoms with Crippen molar-refractivity contribution >= 4 is 17.3 Å². The normalized spacial score (nSPS) is 22.6. The number of hydrogen-bond acceptors (Lipinski definition) is 5. The van der Waals surface area contributed by atoms with Gasteiger partial charge in [-0.2, -0.15) is 13.2 Å². The summed E-state index contributed by atoms with van der Waals surface area (Å²) in [7, 11) is 1.91. The molecular weight excluding hydrogens is 590 g/mol. The number of aromatic nitrogens is 1. The summed E-state index contributed by atoms with van der Waals surface area (Å²) < 4.78 is 53.6. The smallest absolute Gasteiger partial charge is 0.416 e. The topological polar surface area (TPSA) is 56.7 Å². The predicted molar refractivity (Wildman–Crippen MR) is 164 cm³/mol. The Bertz CT molecular complexity index is 1420. The lowest BCUT2D eigenvalue weighted by Gasteiger charge is -2.35. The molecule has 0 radical (unpaired) electrons. The maximum atomic E-state index is 14.2. The summed E-state index contributed by atoms with van der Waals surface area (Å²) in [6.07, 6.45) is 1.51. The number of alkyl halides is 3. The summed E-state index contributed by atoms with van der Waals surface area (Å²) in [5.74, 6) is -0.288. The lowest BCUT2D eigenvalue weighted by molar-refractivity contribution is -0.145. The number of carboxylic acids is 1. The van der Waals surface area contributed by atoms with Crippen LogP contribution in [0.4, 0.5) is 17.6 Å². The zero-order chi connectivity index (χ0) is 31.6. The van der Waals surface area contributed by atoms with E-state index in [0.29, 0.717) is 17.9 Å². The maximum Gasteiger partial charge on any atom is 0.416 e. The van der Waals surface area contributed by atoms with Crippen LogP contribution in [0.1, 0.15) is 77.9 Å². The minimum absolute atomic E-state index is 0.0273. The van der Waals surface area contributed by atoms with Crippen LogP contribution in [-0.2, 0) is 17.4 Å². The van der Waals surface area contributed by atoms with Gasteiger partial charge in [0, 0.05) is 30.1 Å². The number of carbonyl (C=O) groups is 1. The molecule has 1 aliphatic heterocycles. The molecule has 4 atom stereocenters. The van der Waals surface area contributed by atoms with Crippen LogP contribution < -0.4 is 0 Å². The molecule has 3 unspecified atom stereocenters. The van der Waals surface area contributed by atoms with Gasteiger partial charge in [0.1, 0.15) is 11.9 Å². The van der Waals surface area contributed by atoms with E-state index in [-0.39, 0.29) is 29.6 Å². The van der Waals surface area contributed by atoms with Crippen molar-refractivity contribution in [3.8, 4) is 0 Å². The van der Waals surface area contributed by atoms with Gasteiger partial charge in [0.15, 0.2) is 0 Å². The quantitative estimate of drug-likeness (QED) is 0.233. The molecule has 2 heterocycles. The predicted octanol–water partition coefficient (Wildman–Crippen LogP) is 7.67. The summed E-state index contributed by atoms with van der Waals surface area (Å²) in [5.41, 5.74) is 0.947. The first-order valence-corrected chi connectivity index (χ1v) is 16.2. The van der Waals surface area contributed by atoms with Crippen LogP contribution in [0.5, 0.6) is 0 Å². The number of likely N-dealkylation sites (N-methyl/N-ethyl adjacent to an activating group) is 1. The number of hydrogen-bond donors (Lipinski definition) is 1. The van der Waals surface area contributed by atoms with E-state index in [2.05, 4.69) is 9.88 Å². The standard InChI is InChI=1S/C34H41F4N3O2S/c1-21(2)32(33(42)43)40(3)28-17-25(29(18-28)24-7-5-9-27(35)16-24)20-41-12-10-23(11-13-41)30-19-39-31(44-30)15-22-6-4-8-26(14-22)34(36,37)38/h4-9,14,16,19,21,23,25,28-29,32H,10-13,15,17-18,20H2,1-3H3,(H,42,43)/t25?,28?,29?,32-/m1/s1. The number of benzene rings is 2. The molecule has 1 saturated carbocycles. The summed E-state index contributed by atoms with van der Waals surface area (Å²) in [6, 6.07) is 11.8. The molecule has 2 aliphatic rings. The summed E-state index contributed by atoms with van der Waals surface area (Å²) in [4.78, 5) is 22.3. The number of aliphatic carboxylic acids is 1. The van der Waals surface area contributed by atoms with Crippen molar-refractivity contribution in [1.29, 1.82) is 0 Å². The highest BCUT2D eigenvalue weighted by molar-refractivity contribution is 7.11. The van der Waals surface area contributed by atoms with E-state index in [1.807, 2.05) is 38.1 Å². The molecule has 238 valence electrons. The Hall–Kier alpha value is -2.82. The highest BCUT2D eigenvalue weighted by Crippen LogP contribution is 2.44. The number of nitrogens with zero attached hydrogens (tertiary/aromatic N) is 3. The average molecular weight is 632 g/mol. The molecule has 1 aliphatic carbocycles. The molecule has 1 N–H and O–H groups in total. The molecule has 0 amide bonds.